The predicted molar refractivity (Wildman–Crippen MR) is 134 cm³/mol. The summed E-state index contributed by atoms with van der Waals surface area (Å²) in [5.74, 6) is 0.622. The molecule has 3 aliphatic rings. The number of nitrogens with zero attached hydrogens (tertiary/aromatic N) is 2. The molecule has 0 saturated carbocycles. The molecular formula is C27H36BFN2O3. The highest BCUT2D eigenvalue weighted by Gasteiger charge is 2.52. The van der Waals surface area contributed by atoms with Gasteiger partial charge in [0.15, 0.2) is 0 Å². The molecule has 2 heterocycles. The van der Waals surface area contributed by atoms with Gasteiger partial charge in [-0.05, 0) is 102 Å². The number of hydrogen-bond acceptors (Lipinski definition) is 5. The van der Waals surface area contributed by atoms with Crippen LogP contribution in [0.15, 0.2) is 40.2 Å². The Bertz CT molecular complexity index is 1060. The van der Waals surface area contributed by atoms with E-state index in [2.05, 4.69) is 50.0 Å². The van der Waals surface area contributed by atoms with Crippen LogP contribution in [0.5, 0.6) is 0 Å². The van der Waals surface area contributed by atoms with Gasteiger partial charge in [0.05, 0.1) is 11.2 Å². The first-order chi connectivity index (χ1) is 16.2. The second-order valence-corrected chi connectivity index (χ2v) is 10.4. The highest BCUT2D eigenvalue weighted by Crippen LogP contribution is 2.40. The van der Waals surface area contributed by atoms with Crippen molar-refractivity contribution in [3.63, 3.8) is 0 Å². The minimum absolute atomic E-state index is 0.102. The van der Waals surface area contributed by atoms with Gasteiger partial charge in [-0.25, -0.2) is 4.39 Å². The first-order valence-electron chi connectivity index (χ1n) is 12.5. The highest BCUT2D eigenvalue weighted by atomic mass is 19.1. The van der Waals surface area contributed by atoms with Gasteiger partial charge in [-0.3, -0.25) is 0 Å². The summed E-state index contributed by atoms with van der Waals surface area (Å²) in [6, 6.07) is 5.11. The van der Waals surface area contributed by atoms with Gasteiger partial charge in [-0.2, -0.15) is 0 Å². The molecule has 34 heavy (non-hydrogen) atoms. The first kappa shape index (κ1) is 24.9. The van der Waals surface area contributed by atoms with Crippen molar-refractivity contribution in [2.45, 2.75) is 97.2 Å². The van der Waals surface area contributed by atoms with Crippen molar-refractivity contribution in [2.75, 3.05) is 0 Å². The molecule has 1 aromatic carbocycles. The van der Waals surface area contributed by atoms with Crippen LogP contribution in [0.25, 0.3) is 17.0 Å². The lowest BCUT2D eigenvalue weighted by molar-refractivity contribution is 0.00578. The number of rotatable bonds is 3. The second-order valence-electron chi connectivity index (χ2n) is 10.4. The predicted octanol–water partition coefficient (Wildman–Crippen LogP) is 7.26. The van der Waals surface area contributed by atoms with E-state index in [1.54, 1.807) is 13.0 Å². The molecule has 1 fully saturated rings. The van der Waals surface area contributed by atoms with Gasteiger partial charge >= 0.3 is 7.12 Å². The van der Waals surface area contributed by atoms with Crippen molar-refractivity contribution in [3.05, 3.63) is 53.1 Å². The summed E-state index contributed by atoms with van der Waals surface area (Å²) in [4.78, 5) is 0. The van der Waals surface area contributed by atoms with E-state index in [1.807, 2.05) is 6.07 Å². The normalized spacial score (nSPS) is 21.4. The van der Waals surface area contributed by atoms with Gasteiger partial charge in [0.1, 0.15) is 5.82 Å². The van der Waals surface area contributed by atoms with Crippen LogP contribution in [0.2, 0.25) is 0 Å². The SMILES string of the molecule is CC1(C)OB(C2=CCCCC2)OC1(C)C.Cc1nnc(-c2ccc(C3=CCCCC3)c(F)c2)o1. The maximum Gasteiger partial charge on any atom is 0.490 e. The summed E-state index contributed by atoms with van der Waals surface area (Å²) in [5, 5.41) is 7.66. The van der Waals surface area contributed by atoms with E-state index < -0.39 is 0 Å². The van der Waals surface area contributed by atoms with E-state index in [9.17, 15) is 4.39 Å². The fourth-order valence-electron chi connectivity index (χ4n) is 4.48. The van der Waals surface area contributed by atoms with Crippen LogP contribution in [-0.4, -0.2) is 28.5 Å². The second kappa shape index (κ2) is 10.2. The number of halogens is 1. The summed E-state index contributed by atoms with van der Waals surface area (Å²) in [6.45, 7) is 10.1. The van der Waals surface area contributed by atoms with Crippen LogP contribution in [0.1, 0.15) is 90.5 Å². The molecule has 0 unspecified atom stereocenters. The van der Waals surface area contributed by atoms with Gasteiger partial charge in [0.25, 0.3) is 0 Å². The van der Waals surface area contributed by atoms with Crippen LogP contribution < -0.4 is 0 Å². The molecule has 182 valence electrons. The molecule has 0 atom stereocenters. The molecular weight excluding hydrogens is 430 g/mol. The largest absolute Gasteiger partial charge is 0.490 e. The molecule has 1 aromatic heterocycles. The Labute approximate surface area is 203 Å². The molecule has 0 amide bonds. The zero-order valence-electron chi connectivity index (χ0n) is 21.1. The third-order valence-electron chi connectivity index (χ3n) is 7.26. The quantitative estimate of drug-likeness (QED) is 0.446. The summed E-state index contributed by atoms with van der Waals surface area (Å²) in [6.07, 6.45) is 13.7. The van der Waals surface area contributed by atoms with Gasteiger partial charge in [-0.1, -0.05) is 18.2 Å². The third-order valence-corrected chi connectivity index (χ3v) is 7.26. The van der Waals surface area contributed by atoms with Crippen LogP contribution in [0.3, 0.4) is 0 Å². The molecule has 0 spiro atoms. The van der Waals surface area contributed by atoms with Gasteiger partial charge in [-0.15, -0.1) is 10.2 Å². The summed E-state index contributed by atoms with van der Waals surface area (Å²) >= 11 is 0. The molecule has 2 aromatic rings. The molecule has 7 heteroatoms. The van der Waals surface area contributed by atoms with E-state index in [0.29, 0.717) is 22.9 Å². The standard InChI is InChI=1S/C15H15FN2O.C12H21BO2/c1-10-17-18-15(19-10)12-7-8-13(14(16)9-12)11-5-3-2-4-6-11;1-11(2)12(3,4)15-13(14-11)10-8-6-5-7-9-10/h5,7-9H,2-4,6H2,1H3;8H,5-7,9H2,1-4H3. The minimum Gasteiger partial charge on any atom is -0.421 e. The molecule has 1 aliphatic heterocycles. The average Bonchev–Trinajstić information content (AvgIpc) is 3.35. The molecule has 0 radical (unpaired) electrons. The number of benzene rings is 1. The Morgan fingerprint density at radius 2 is 1.56 bits per heavy atom. The molecule has 2 aliphatic carbocycles. The van der Waals surface area contributed by atoms with Crippen molar-refractivity contribution < 1.29 is 18.1 Å². The van der Waals surface area contributed by atoms with E-state index in [1.165, 1.54) is 37.2 Å². The van der Waals surface area contributed by atoms with E-state index in [4.69, 9.17) is 13.7 Å². The van der Waals surface area contributed by atoms with Crippen LogP contribution in [0, 0.1) is 12.7 Å². The Morgan fingerprint density at radius 3 is 2.09 bits per heavy atom. The Hall–Kier alpha value is -2.25. The summed E-state index contributed by atoms with van der Waals surface area (Å²) < 4.78 is 31.5. The number of aryl methyl sites for hydroxylation is 1. The molecule has 0 bridgehead atoms. The van der Waals surface area contributed by atoms with Crippen molar-refractivity contribution in [2.24, 2.45) is 0 Å². The molecule has 0 N–H and O–H groups in total. The zero-order valence-corrected chi connectivity index (χ0v) is 21.1. The Morgan fingerprint density at radius 1 is 0.882 bits per heavy atom. The van der Waals surface area contributed by atoms with Crippen LogP contribution in [-0.2, 0) is 9.31 Å². The third kappa shape index (κ3) is 5.52. The smallest absolute Gasteiger partial charge is 0.421 e. The van der Waals surface area contributed by atoms with Crippen molar-refractivity contribution >= 4 is 12.7 Å². The van der Waals surface area contributed by atoms with Gasteiger partial charge in [0.2, 0.25) is 11.8 Å². The lowest BCUT2D eigenvalue weighted by atomic mass is 9.73. The van der Waals surface area contributed by atoms with E-state index >= 15 is 0 Å². The number of hydrogen-bond donors (Lipinski definition) is 0. The lowest BCUT2D eigenvalue weighted by Crippen LogP contribution is -2.41. The molecule has 5 rings (SSSR count). The monoisotopic (exact) mass is 466 g/mol. The molecule has 1 saturated heterocycles. The molecule has 5 nitrogen and oxygen atoms in total. The fraction of sp³-hybridized carbons (Fsp3) is 0.556. The summed E-state index contributed by atoms with van der Waals surface area (Å²) in [5.41, 5.74) is 3.38. The first-order valence-corrected chi connectivity index (χ1v) is 12.5. The fourth-order valence-corrected chi connectivity index (χ4v) is 4.48. The zero-order chi connectivity index (χ0) is 24.3. The van der Waals surface area contributed by atoms with Gasteiger partial charge in [0, 0.05) is 18.1 Å². The van der Waals surface area contributed by atoms with E-state index in [0.717, 1.165) is 31.3 Å². The topological polar surface area (TPSA) is 57.4 Å². The average molecular weight is 466 g/mol. The minimum atomic E-state index is -0.221. The maximum atomic E-state index is 14.2. The highest BCUT2D eigenvalue weighted by molar-refractivity contribution is 6.54. The van der Waals surface area contributed by atoms with Crippen molar-refractivity contribution in [1.82, 2.24) is 10.2 Å². The maximum absolute atomic E-state index is 14.2. The van der Waals surface area contributed by atoms with E-state index in [-0.39, 0.29) is 24.1 Å². The van der Waals surface area contributed by atoms with Crippen molar-refractivity contribution in [1.29, 1.82) is 0 Å². The van der Waals surface area contributed by atoms with Crippen molar-refractivity contribution in [3.8, 4) is 11.5 Å². The number of aromatic nitrogens is 2. The Balaban J connectivity index is 0.000000166. The Kier molecular flexibility index (Phi) is 7.43. The van der Waals surface area contributed by atoms with Crippen LogP contribution >= 0.6 is 0 Å². The van der Waals surface area contributed by atoms with Gasteiger partial charge < -0.3 is 13.7 Å². The van der Waals surface area contributed by atoms with Crippen LogP contribution in [0.4, 0.5) is 4.39 Å². The number of allylic oxidation sites excluding steroid dienone is 4. The summed E-state index contributed by atoms with van der Waals surface area (Å²) in [7, 11) is -0.102. The lowest BCUT2D eigenvalue weighted by Gasteiger charge is -2.32.